The first-order valence-corrected chi connectivity index (χ1v) is 7.37. The number of nitrogens with one attached hydrogen (secondary N) is 1. The average molecular weight is 270 g/mol. The van der Waals surface area contributed by atoms with E-state index in [0.29, 0.717) is 19.6 Å². The highest BCUT2D eigenvalue weighted by Crippen LogP contribution is 2.10. The van der Waals surface area contributed by atoms with E-state index in [9.17, 15) is 9.59 Å². The standard InChI is InChI=1S/C14H26N2O3/c1-3-5-9-16(8-4-2)14(18)13(17)15-11-12-7-6-10-19-12/h12H,3-11H2,1-2H3,(H,15,17). The van der Waals surface area contributed by atoms with E-state index in [4.69, 9.17) is 4.74 Å². The molecule has 2 amide bonds. The lowest BCUT2D eigenvalue weighted by Gasteiger charge is -2.21. The van der Waals surface area contributed by atoms with Crippen LogP contribution in [0.25, 0.3) is 0 Å². The van der Waals surface area contributed by atoms with Gasteiger partial charge in [-0.05, 0) is 25.7 Å². The topological polar surface area (TPSA) is 58.6 Å². The molecule has 5 heteroatoms. The molecule has 0 aliphatic carbocycles. The summed E-state index contributed by atoms with van der Waals surface area (Å²) in [4.78, 5) is 25.5. The summed E-state index contributed by atoms with van der Waals surface area (Å²) in [5, 5.41) is 2.68. The van der Waals surface area contributed by atoms with Crippen LogP contribution in [0.1, 0.15) is 46.0 Å². The van der Waals surface area contributed by atoms with Gasteiger partial charge >= 0.3 is 11.8 Å². The summed E-state index contributed by atoms with van der Waals surface area (Å²) in [5.74, 6) is -0.909. The van der Waals surface area contributed by atoms with Crippen LogP contribution in [0.15, 0.2) is 0 Å². The third kappa shape index (κ3) is 5.59. The first-order chi connectivity index (χ1) is 9.19. The number of rotatable bonds is 7. The highest BCUT2D eigenvalue weighted by Gasteiger charge is 2.22. The Labute approximate surface area is 115 Å². The Morgan fingerprint density at radius 1 is 1.26 bits per heavy atom. The van der Waals surface area contributed by atoms with Gasteiger partial charge in [-0.25, -0.2) is 0 Å². The summed E-state index contributed by atoms with van der Waals surface area (Å²) >= 11 is 0. The van der Waals surface area contributed by atoms with Crippen LogP contribution in [0.2, 0.25) is 0 Å². The fourth-order valence-electron chi connectivity index (χ4n) is 2.16. The Bertz CT molecular complexity index is 288. The highest BCUT2D eigenvalue weighted by atomic mass is 16.5. The van der Waals surface area contributed by atoms with Crippen molar-refractivity contribution in [2.75, 3.05) is 26.2 Å². The molecule has 1 rings (SSSR count). The van der Waals surface area contributed by atoms with E-state index in [1.54, 1.807) is 4.90 Å². The Morgan fingerprint density at radius 2 is 2.05 bits per heavy atom. The normalized spacial score (nSPS) is 18.3. The molecule has 0 saturated carbocycles. The monoisotopic (exact) mass is 270 g/mol. The number of nitrogens with zero attached hydrogens (tertiary/aromatic N) is 1. The summed E-state index contributed by atoms with van der Waals surface area (Å²) in [6.45, 7) is 6.59. The third-order valence-electron chi connectivity index (χ3n) is 3.27. The smallest absolute Gasteiger partial charge is 0.311 e. The van der Waals surface area contributed by atoms with Gasteiger partial charge in [0.1, 0.15) is 0 Å². The van der Waals surface area contributed by atoms with Gasteiger partial charge in [0.15, 0.2) is 0 Å². The maximum Gasteiger partial charge on any atom is 0.311 e. The molecule has 19 heavy (non-hydrogen) atoms. The lowest BCUT2D eigenvalue weighted by atomic mass is 10.2. The van der Waals surface area contributed by atoms with E-state index in [1.165, 1.54) is 0 Å². The van der Waals surface area contributed by atoms with Gasteiger partial charge in [-0.1, -0.05) is 20.3 Å². The van der Waals surface area contributed by atoms with Crippen LogP contribution in [0.5, 0.6) is 0 Å². The van der Waals surface area contributed by atoms with Gasteiger partial charge in [0.2, 0.25) is 0 Å². The van der Waals surface area contributed by atoms with E-state index in [0.717, 1.165) is 38.7 Å². The molecule has 0 radical (unpaired) electrons. The van der Waals surface area contributed by atoms with Crippen LogP contribution in [-0.4, -0.2) is 49.1 Å². The number of amides is 2. The third-order valence-corrected chi connectivity index (χ3v) is 3.27. The van der Waals surface area contributed by atoms with Gasteiger partial charge in [-0.2, -0.15) is 0 Å². The van der Waals surface area contributed by atoms with Gasteiger partial charge in [0.05, 0.1) is 6.10 Å². The Kier molecular flexibility index (Phi) is 7.48. The largest absolute Gasteiger partial charge is 0.376 e. The lowest BCUT2D eigenvalue weighted by molar-refractivity contribution is -0.146. The second-order valence-corrected chi connectivity index (χ2v) is 4.99. The van der Waals surface area contributed by atoms with Crippen molar-refractivity contribution in [2.24, 2.45) is 0 Å². The molecule has 0 aromatic carbocycles. The van der Waals surface area contributed by atoms with E-state index in [2.05, 4.69) is 12.2 Å². The molecule has 1 aliphatic heterocycles. The fourth-order valence-corrected chi connectivity index (χ4v) is 2.16. The zero-order valence-electron chi connectivity index (χ0n) is 12.1. The minimum atomic E-state index is -0.500. The van der Waals surface area contributed by atoms with Gasteiger partial charge in [-0.3, -0.25) is 9.59 Å². The molecule has 0 aromatic rings. The second kappa shape index (κ2) is 8.91. The first-order valence-electron chi connectivity index (χ1n) is 7.37. The molecular weight excluding hydrogens is 244 g/mol. The SMILES string of the molecule is CCCCN(CCC)C(=O)C(=O)NCC1CCCO1. The minimum Gasteiger partial charge on any atom is -0.376 e. The summed E-state index contributed by atoms with van der Waals surface area (Å²) in [7, 11) is 0. The van der Waals surface area contributed by atoms with E-state index >= 15 is 0 Å². The number of carbonyl (C=O) groups excluding carboxylic acids is 2. The first kappa shape index (κ1) is 16.0. The maximum atomic E-state index is 12.0. The Balaban J connectivity index is 2.35. The summed E-state index contributed by atoms with van der Waals surface area (Å²) in [6.07, 6.45) is 4.90. The molecule has 1 N–H and O–H groups in total. The molecule has 1 saturated heterocycles. The van der Waals surface area contributed by atoms with E-state index in [-0.39, 0.29) is 6.10 Å². The molecule has 0 spiro atoms. The molecule has 1 aliphatic rings. The zero-order valence-corrected chi connectivity index (χ0v) is 12.1. The van der Waals surface area contributed by atoms with E-state index in [1.807, 2.05) is 6.92 Å². The highest BCUT2D eigenvalue weighted by molar-refractivity contribution is 6.35. The van der Waals surface area contributed by atoms with Crippen molar-refractivity contribution in [1.82, 2.24) is 10.2 Å². The number of unbranched alkanes of at least 4 members (excludes halogenated alkanes) is 1. The molecule has 110 valence electrons. The van der Waals surface area contributed by atoms with Crippen molar-refractivity contribution in [1.29, 1.82) is 0 Å². The maximum absolute atomic E-state index is 12.0. The zero-order chi connectivity index (χ0) is 14.1. The second-order valence-electron chi connectivity index (χ2n) is 4.99. The predicted octanol–water partition coefficient (Wildman–Crippen LogP) is 1.32. The molecule has 1 unspecified atom stereocenters. The van der Waals surface area contributed by atoms with Gasteiger partial charge in [0.25, 0.3) is 0 Å². The number of hydrogen-bond acceptors (Lipinski definition) is 3. The molecule has 1 heterocycles. The summed E-state index contributed by atoms with van der Waals surface area (Å²) in [6, 6.07) is 0. The van der Waals surface area contributed by atoms with Gasteiger partial charge in [0, 0.05) is 26.2 Å². The van der Waals surface area contributed by atoms with Crippen molar-refractivity contribution >= 4 is 11.8 Å². The van der Waals surface area contributed by atoms with Crippen molar-refractivity contribution in [3.63, 3.8) is 0 Å². The molecule has 5 nitrogen and oxygen atoms in total. The van der Waals surface area contributed by atoms with Crippen LogP contribution >= 0.6 is 0 Å². The predicted molar refractivity (Wildman–Crippen MR) is 73.8 cm³/mol. The van der Waals surface area contributed by atoms with Crippen LogP contribution in [0, 0.1) is 0 Å². The van der Waals surface area contributed by atoms with Crippen LogP contribution in [-0.2, 0) is 14.3 Å². The van der Waals surface area contributed by atoms with Gasteiger partial charge in [-0.15, -0.1) is 0 Å². The molecular formula is C14H26N2O3. The van der Waals surface area contributed by atoms with Crippen molar-refractivity contribution in [3.05, 3.63) is 0 Å². The van der Waals surface area contributed by atoms with Crippen molar-refractivity contribution in [3.8, 4) is 0 Å². The number of carbonyl (C=O) groups is 2. The fraction of sp³-hybridized carbons (Fsp3) is 0.857. The quantitative estimate of drug-likeness (QED) is 0.710. The minimum absolute atomic E-state index is 0.0759. The lowest BCUT2D eigenvalue weighted by Crippen LogP contribution is -2.45. The van der Waals surface area contributed by atoms with E-state index < -0.39 is 11.8 Å². The number of hydrogen-bond donors (Lipinski definition) is 1. The molecule has 1 fully saturated rings. The van der Waals surface area contributed by atoms with Crippen molar-refractivity contribution < 1.29 is 14.3 Å². The summed E-state index contributed by atoms with van der Waals surface area (Å²) in [5.41, 5.74) is 0. The Hall–Kier alpha value is -1.10. The molecule has 0 bridgehead atoms. The average Bonchev–Trinajstić information content (AvgIpc) is 2.93. The van der Waals surface area contributed by atoms with Gasteiger partial charge < -0.3 is 15.0 Å². The summed E-state index contributed by atoms with van der Waals surface area (Å²) < 4.78 is 5.42. The number of ether oxygens (including phenoxy) is 1. The van der Waals surface area contributed by atoms with Crippen molar-refractivity contribution in [2.45, 2.75) is 52.1 Å². The van der Waals surface area contributed by atoms with Crippen LogP contribution in [0.3, 0.4) is 0 Å². The van der Waals surface area contributed by atoms with Crippen LogP contribution in [0.4, 0.5) is 0 Å². The molecule has 0 aromatic heterocycles. The Morgan fingerprint density at radius 3 is 2.63 bits per heavy atom. The van der Waals surface area contributed by atoms with Crippen LogP contribution < -0.4 is 5.32 Å². The molecule has 1 atom stereocenters.